The average Bonchev–Trinajstić information content (AvgIpc) is 2.87. The van der Waals surface area contributed by atoms with Gasteiger partial charge in [0.1, 0.15) is 11.6 Å². The number of nitrogens with two attached hydrogens (primary N) is 1. The quantitative estimate of drug-likeness (QED) is 0.871. The van der Waals surface area contributed by atoms with Crippen LogP contribution in [0.4, 0.5) is 5.82 Å². The van der Waals surface area contributed by atoms with E-state index in [1.807, 2.05) is 0 Å². The second kappa shape index (κ2) is 5.21. The molecule has 4 heteroatoms. The van der Waals surface area contributed by atoms with Crippen molar-refractivity contribution in [2.24, 2.45) is 0 Å². The second-order valence-electron chi connectivity index (χ2n) is 4.86. The Balaban J connectivity index is 1.78. The lowest BCUT2D eigenvalue weighted by Gasteiger charge is -2.07. The molecule has 1 aliphatic rings. The van der Waals surface area contributed by atoms with Gasteiger partial charge >= 0.3 is 0 Å². The molecule has 0 fully saturated rings. The number of aromatic nitrogens is 2. The van der Waals surface area contributed by atoms with Gasteiger partial charge in [-0.05, 0) is 37.8 Å². The van der Waals surface area contributed by atoms with Crippen LogP contribution in [0.15, 0.2) is 29.2 Å². The molecule has 0 aliphatic heterocycles. The lowest BCUT2D eigenvalue weighted by atomic mass is 10.2. The van der Waals surface area contributed by atoms with Crippen molar-refractivity contribution in [1.29, 1.82) is 0 Å². The van der Waals surface area contributed by atoms with E-state index in [9.17, 15) is 0 Å². The van der Waals surface area contributed by atoms with E-state index < -0.39 is 0 Å². The van der Waals surface area contributed by atoms with Gasteiger partial charge in [-0.25, -0.2) is 9.97 Å². The van der Waals surface area contributed by atoms with Gasteiger partial charge in [0.25, 0.3) is 0 Å². The third kappa shape index (κ3) is 2.59. The lowest BCUT2D eigenvalue weighted by Crippen LogP contribution is -2.04. The van der Waals surface area contributed by atoms with Crippen LogP contribution in [0.2, 0.25) is 0 Å². The van der Waals surface area contributed by atoms with Crippen LogP contribution >= 0.6 is 11.8 Å². The number of thioether (sulfide) groups is 1. The first-order valence-electron chi connectivity index (χ1n) is 6.56. The van der Waals surface area contributed by atoms with Gasteiger partial charge in [0.15, 0.2) is 0 Å². The predicted molar refractivity (Wildman–Crippen MR) is 79.2 cm³/mol. The van der Waals surface area contributed by atoms with E-state index in [1.165, 1.54) is 16.0 Å². The standard InChI is InChI=1S/C15H17N3S/c1-10-5-2-3-8-13(10)19-9-14-17-12-7-4-6-11(12)15(16)18-14/h2-3,5,8H,4,6-7,9H2,1H3,(H2,16,17,18). The molecule has 0 unspecified atom stereocenters. The van der Waals surface area contributed by atoms with Gasteiger partial charge < -0.3 is 5.73 Å². The molecule has 2 N–H and O–H groups in total. The van der Waals surface area contributed by atoms with E-state index in [0.29, 0.717) is 5.82 Å². The zero-order chi connectivity index (χ0) is 13.2. The summed E-state index contributed by atoms with van der Waals surface area (Å²) >= 11 is 1.77. The Morgan fingerprint density at radius 1 is 1.21 bits per heavy atom. The molecule has 0 amide bonds. The normalized spacial score (nSPS) is 13.5. The van der Waals surface area contributed by atoms with Crippen molar-refractivity contribution in [3.05, 3.63) is 46.9 Å². The highest BCUT2D eigenvalue weighted by molar-refractivity contribution is 7.98. The first-order chi connectivity index (χ1) is 9.24. The third-order valence-electron chi connectivity index (χ3n) is 3.46. The fourth-order valence-corrected chi connectivity index (χ4v) is 3.32. The third-order valence-corrected chi connectivity index (χ3v) is 4.63. The molecular weight excluding hydrogens is 254 g/mol. The molecule has 19 heavy (non-hydrogen) atoms. The molecule has 98 valence electrons. The molecule has 3 nitrogen and oxygen atoms in total. The number of hydrogen-bond donors (Lipinski definition) is 1. The van der Waals surface area contributed by atoms with Gasteiger partial charge in [-0.3, -0.25) is 0 Å². The SMILES string of the molecule is Cc1ccccc1SCc1nc(N)c2c(n1)CCC2. The van der Waals surface area contributed by atoms with Crippen molar-refractivity contribution in [3.63, 3.8) is 0 Å². The van der Waals surface area contributed by atoms with Crippen LogP contribution in [0.25, 0.3) is 0 Å². The first kappa shape index (κ1) is 12.5. The van der Waals surface area contributed by atoms with Crippen LogP contribution in [0, 0.1) is 6.92 Å². The lowest BCUT2D eigenvalue weighted by molar-refractivity contribution is 0.893. The zero-order valence-electron chi connectivity index (χ0n) is 11.0. The average molecular weight is 271 g/mol. The molecule has 1 aromatic carbocycles. The summed E-state index contributed by atoms with van der Waals surface area (Å²) in [6.45, 7) is 2.13. The molecule has 0 saturated heterocycles. The van der Waals surface area contributed by atoms with Crippen LogP contribution in [-0.2, 0) is 18.6 Å². The van der Waals surface area contributed by atoms with Crippen LogP contribution < -0.4 is 5.73 Å². The van der Waals surface area contributed by atoms with Gasteiger partial charge in [-0.15, -0.1) is 11.8 Å². The van der Waals surface area contributed by atoms with Crippen molar-refractivity contribution in [2.75, 3.05) is 5.73 Å². The maximum absolute atomic E-state index is 6.01. The smallest absolute Gasteiger partial charge is 0.141 e. The minimum Gasteiger partial charge on any atom is -0.383 e. The zero-order valence-corrected chi connectivity index (χ0v) is 11.8. The number of fused-ring (bicyclic) bond motifs is 1. The predicted octanol–water partition coefficient (Wildman–Crippen LogP) is 3.15. The van der Waals surface area contributed by atoms with Crippen LogP contribution in [-0.4, -0.2) is 9.97 Å². The number of hydrogen-bond acceptors (Lipinski definition) is 4. The maximum atomic E-state index is 6.01. The fraction of sp³-hybridized carbons (Fsp3) is 0.333. The van der Waals surface area contributed by atoms with Crippen LogP contribution in [0.3, 0.4) is 0 Å². The Morgan fingerprint density at radius 2 is 2.05 bits per heavy atom. The summed E-state index contributed by atoms with van der Waals surface area (Å²) in [6.07, 6.45) is 3.24. The molecule has 0 saturated carbocycles. The van der Waals surface area contributed by atoms with E-state index in [2.05, 4.69) is 41.2 Å². The number of aryl methyl sites for hydroxylation is 2. The van der Waals surface area contributed by atoms with Gasteiger partial charge in [-0.2, -0.15) is 0 Å². The molecule has 0 radical (unpaired) electrons. The highest BCUT2D eigenvalue weighted by Crippen LogP contribution is 2.28. The molecule has 0 bridgehead atoms. The van der Waals surface area contributed by atoms with Crippen molar-refractivity contribution in [3.8, 4) is 0 Å². The van der Waals surface area contributed by atoms with Gasteiger partial charge in [0, 0.05) is 16.2 Å². The van der Waals surface area contributed by atoms with Gasteiger partial charge in [-0.1, -0.05) is 18.2 Å². The molecule has 1 heterocycles. The minimum absolute atomic E-state index is 0.683. The Bertz CT molecular complexity index is 610. The van der Waals surface area contributed by atoms with E-state index in [4.69, 9.17) is 5.73 Å². The number of benzene rings is 1. The van der Waals surface area contributed by atoms with Gasteiger partial charge in [0.05, 0.1) is 5.75 Å². The topological polar surface area (TPSA) is 51.8 Å². The van der Waals surface area contributed by atoms with Gasteiger partial charge in [0.2, 0.25) is 0 Å². The Hall–Kier alpha value is -1.55. The fourth-order valence-electron chi connectivity index (χ4n) is 2.44. The number of anilines is 1. The van der Waals surface area contributed by atoms with E-state index >= 15 is 0 Å². The summed E-state index contributed by atoms with van der Waals surface area (Å²) in [5, 5.41) is 0. The highest BCUT2D eigenvalue weighted by Gasteiger charge is 2.17. The molecule has 1 aromatic heterocycles. The molecule has 2 aromatic rings. The van der Waals surface area contributed by atoms with Crippen LogP contribution in [0.1, 0.15) is 29.1 Å². The van der Waals surface area contributed by atoms with Crippen molar-refractivity contribution >= 4 is 17.6 Å². The first-order valence-corrected chi connectivity index (χ1v) is 7.55. The number of rotatable bonds is 3. The summed E-state index contributed by atoms with van der Waals surface area (Å²) in [5.41, 5.74) is 9.64. The molecular formula is C15H17N3S. The summed E-state index contributed by atoms with van der Waals surface area (Å²) < 4.78 is 0. The second-order valence-corrected chi connectivity index (χ2v) is 5.88. The number of nitrogen functional groups attached to an aromatic ring is 1. The Kier molecular flexibility index (Phi) is 3.42. The maximum Gasteiger partial charge on any atom is 0.141 e. The molecule has 3 rings (SSSR count). The monoisotopic (exact) mass is 271 g/mol. The summed E-state index contributed by atoms with van der Waals surface area (Å²) in [4.78, 5) is 10.4. The Morgan fingerprint density at radius 3 is 2.89 bits per heavy atom. The largest absolute Gasteiger partial charge is 0.383 e. The van der Waals surface area contributed by atoms with E-state index in [1.54, 1.807) is 11.8 Å². The summed E-state index contributed by atoms with van der Waals surface area (Å²) in [7, 11) is 0. The van der Waals surface area contributed by atoms with Crippen molar-refractivity contribution in [2.45, 2.75) is 36.8 Å². The number of nitrogens with zero attached hydrogens (tertiary/aromatic N) is 2. The molecule has 1 aliphatic carbocycles. The summed E-state index contributed by atoms with van der Waals surface area (Å²) in [6, 6.07) is 8.38. The van der Waals surface area contributed by atoms with Crippen molar-refractivity contribution < 1.29 is 0 Å². The van der Waals surface area contributed by atoms with Crippen LogP contribution in [0.5, 0.6) is 0 Å². The van der Waals surface area contributed by atoms with E-state index in [0.717, 1.165) is 36.5 Å². The summed E-state index contributed by atoms with van der Waals surface area (Å²) in [5.74, 6) is 2.32. The molecule has 0 atom stereocenters. The van der Waals surface area contributed by atoms with E-state index in [-0.39, 0.29) is 0 Å². The minimum atomic E-state index is 0.683. The Labute approximate surface area is 117 Å². The highest BCUT2D eigenvalue weighted by atomic mass is 32.2. The molecule has 0 spiro atoms. The van der Waals surface area contributed by atoms with Crippen molar-refractivity contribution in [1.82, 2.24) is 9.97 Å².